The minimum Gasteiger partial charge on any atom is -0.399 e. The predicted molar refractivity (Wildman–Crippen MR) is 75.3 cm³/mol. The molecule has 0 spiro atoms. The van der Waals surface area contributed by atoms with Crippen LogP contribution in [0.25, 0.3) is 0 Å². The minimum absolute atomic E-state index is 0.605. The minimum atomic E-state index is 0.605. The Morgan fingerprint density at radius 2 is 1.65 bits per heavy atom. The monoisotopic (exact) mass is 266 g/mol. The van der Waals surface area contributed by atoms with Crippen molar-refractivity contribution >= 4 is 40.3 Å². The summed E-state index contributed by atoms with van der Waals surface area (Å²) in [6, 6.07) is 11.0. The van der Waals surface area contributed by atoms with Gasteiger partial charge >= 0.3 is 0 Å². The Balaban J connectivity index is 2.31. The van der Waals surface area contributed by atoms with Crippen LogP contribution < -0.4 is 11.1 Å². The average Bonchev–Trinajstić information content (AvgIpc) is 2.21. The van der Waals surface area contributed by atoms with Crippen molar-refractivity contribution in [2.24, 2.45) is 0 Å². The molecule has 0 fully saturated rings. The van der Waals surface area contributed by atoms with Gasteiger partial charge in [0.05, 0.1) is 0 Å². The molecule has 0 atom stereocenters. The first kappa shape index (κ1) is 12.1. The summed E-state index contributed by atoms with van der Waals surface area (Å²) in [7, 11) is 0. The quantitative estimate of drug-likeness (QED) is 0.778. The van der Waals surface area contributed by atoms with Crippen molar-refractivity contribution in [3.8, 4) is 0 Å². The van der Waals surface area contributed by atoms with Crippen LogP contribution in [-0.4, -0.2) is 0 Å². The van der Waals surface area contributed by atoms with Gasteiger partial charge in [0.15, 0.2) is 0 Å². The molecule has 3 N–H and O–H groups in total. The summed E-state index contributed by atoms with van der Waals surface area (Å²) < 4.78 is 0. The van der Waals surface area contributed by atoms with E-state index in [1.54, 1.807) is 6.07 Å². The maximum Gasteiger partial charge on any atom is 0.0441 e. The molecule has 0 aliphatic heterocycles. The van der Waals surface area contributed by atoms with E-state index in [1.807, 2.05) is 37.3 Å². The predicted octanol–water partition coefficient (Wildman–Crippen LogP) is 4.63. The zero-order valence-electron chi connectivity index (χ0n) is 9.30. The van der Waals surface area contributed by atoms with Crippen molar-refractivity contribution in [3.05, 3.63) is 52.0 Å². The van der Waals surface area contributed by atoms with Gasteiger partial charge in [-0.2, -0.15) is 0 Å². The van der Waals surface area contributed by atoms with Crippen LogP contribution in [0.5, 0.6) is 0 Å². The molecule has 0 unspecified atom stereocenters. The van der Waals surface area contributed by atoms with E-state index in [4.69, 9.17) is 28.9 Å². The summed E-state index contributed by atoms with van der Waals surface area (Å²) in [5.41, 5.74) is 9.36. The second-order valence-corrected chi connectivity index (χ2v) is 4.73. The van der Waals surface area contributed by atoms with Crippen LogP contribution in [0.15, 0.2) is 36.4 Å². The van der Waals surface area contributed by atoms with Crippen molar-refractivity contribution < 1.29 is 0 Å². The van der Waals surface area contributed by atoms with Gasteiger partial charge < -0.3 is 11.1 Å². The molecule has 88 valence electrons. The summed E-state index contributed by atoms with van der Waals surface area (Å²) in [5.74, 6) is 0. The summed E-state index contributed by atoms with van der Waals surface area (Å²) >= 11 is 11.9. The Labute approximate surface area is 110 Å². The van der Waals surface area contributed by atoms with Crippen molar-refractivity contribution in [2.45, 2.75) is 6.92 Å². The second kappa shape index (κ2) is 4.86. The number of nitrogens with two attached hydrogens (primary N) is 1. The second-order valence-electron chi connectivity index (χ2n) is 3.86. The number of halogens is 2. The number of nitrogen functional groups attached to an aromatic ring is 1. The first-order valence-corrected chi connectivity index (χ1v) is 5.89. The lowest BCUT2D eigenvalue weighted by Crippen LogP contribution is -1.94. The SMILES string of the molecule is Cc1cc(N)ccc1Nc1cc(Cl)cc(Cl)c1. The standard InChI is InChI=1S/C13H12Cl2N2/c1-8-4-11(16)2-3-13(8)17-12-6-9(14)5-10(15)7-12/h2-7,17H,16H2,1H3. The zero-order valence-corrected chi connectivity index (χ0v) is 10.8. The van der Waals surface area contributed by atoms with Gasteiger partial charge in [-0.1, -0.05) is 23.2 Å². The van der Waals surface area contributed by atoms with Crippen LogP contribution in [0.1, 0.15) is 5.56 Å². The van der Waals surface area contributed by atoms with E-state index in [2.05, 4.69) is 5.32 Å². The van der Waals surface area contributed by atoms with Crippen molar-refractivity contribution in [1.82, 2.24) is 0 Å². The molecule has 2 aromatic carbocycles. The maximum atomic E-state index is 5.94. The Morgan fingerprint density at radius 1 is 1.00 bits per heavy atom. The van der Waals surface area contributed by atoms with E-state index in [9.17, 15) is 0 Å². The molecule has 0 saturated heterocycles. The van der Waals surface area contributed by atoms with Gasteiger partial charge in [-0.25, -0.2) is 0 Å². The number of aryl methyl sites for hydroxylation is 1. The number of anilines is 3. The number of nitrogens with one attached hydrogen (secondary N) is 1. The van der Waals surface area contributed by atoms with Gasteiger partial charge in [0.1, 0.15) is 0 Å². The van der Waals surface area contributed by atoms with E-state index >= 15 is 0 Å². The molecule has 0 aliphatic rings. The maximum absolute atomic E-state index is 5.94. The highest BCUT2D eigenvalue weighted by molar-refractivity contribution is 6.35. The molecule has 2 nitrogen and oxygen atoms in total. The van der Waals surface area contributed by atoms with E-state index in [0.29, 0.717) is 10.0 Å². The number of hydrogen-bond acceptors (Lipinski definition) is 2. The van der Waals surface area contributed by atoms with Gasteiger partial charge in [-0.3, -0.25) is 0 Å². The highest BCUT2D eigenvalue weighted by Gasteiger charge is 2.01. The fourth-order valence-corrected chi connectivity index (χ4v) is 2.13. The number of rotatable bonds is 2. The van der Waals surface area contributed by atoms with Crippen LogP contribution in [0.2, 0.25) is 10.0 Å². The fourth-order valence-electron chi connectivity index (χ4n) is 1.61. The van der Waals surface area contributed by atoms with Gasteiger partial charge in [0, 0.05) is 27.1 Å². The van der Waals surface area contributed by atoms with Crippen molar-refractivity contribution in [2.75, 3.05) is 11.1 Å². The Hall–Kier alpha value is -1.38. The molecular formula is C13H12Cl2N2. The zero-order chi connectivity index (χ0) is 12.4. The van der Waals surface area contributed by atoms with Gasteiger partial charge in [0.25, 0.3) is 0 Å². The highest BCUT2D eigenvalue weighted by Crippen LogP contribution is 2.27. The average molecular weight is 267 g/mol. The summed E-state index contributed by atoms with van der Waals surface area (Å²) in [6.45, 7) is 1.99. The van der Waals surface area contributed by atoms with Crippen LogP contribution in [-0.2, 0) is 0 Å². The smallest absolute Gasteiger partial charge is 0.0441 e. The van der Waals surface area contributed by atoms with Gasteiger partial charge in [-0.15, -0.1) is 0 Å². The molecule has 2 aromatic rings. The third-order valence-electron chi connectivity index (χ3n) is 2.39. The fraction of sp³-hybridized carbons (Fsp3) is 0.0769. The number of benzene rings is 2. The third kappa shape index (κ3) is 3.05. The molecule has 2 rings (SSSR count). The lowest BCUT2D eigenvalue weighted by molar-refractivity contribution is 1.43. The van der Waals surface area contributed by atoms with E-state index in [1.165, 1.54) is 0 Å². The van der Waals surface area contributed by atoms with E-state index < -0.39 is 0 Å². The van der Waals surface area contributed by atoms with Gasteiger partial charge in [-0.05, 0) is 48.9 Å². The van der Waals surface area contributed by atoms with Crippen molar-refractivity contribution in [3.63, 3.8) is 0 Å². The molecule has 0 bridgehead atoms. The first-order valence-electron chi connectivity index (χ1n) is 5.14. The Kier molecular flexibility index (Phi) is 3.46. The Bertz CT molecular complexity index is 533. The van der Waals surface area contributed by atoms with Crippen LogP contribution in [0, 0.1) is 6.92 Å². The highest BCUT2D eigenvalue weighted by atomic mass is 35.5. The molecule has 0 aromatic heterocycles. The topological polar surface area (TPSA) is 38.0 Å². The van der Waals surface area contributed by atoms with Gasteiger partial charge in [0.2, 0.25) is 0 Å². The molecule has 0 radical (unpaired) electrons. The molecule has 0 heterocycles. The van der Waals surface area contributed by atoms with Crippen molar-refractivity contribution in [1.29, 1.82) is 0 Å². The Morgan fingerprint density at radius 3 is 2.24 bits per heavy atom. The lowest BCUT2D eigenvalue weighted by atomic mass is 10.1. The van der Waals surface area contributed by atoms with E-state index in [0.717, 1.165) is 22.6 Å². The molecular weight excluding hydrogens is 255 g/mol. The molecule has 4 heteroatoms. The third-order valence-corrected chi connectivity index (χ3v) is 2.83. The first-order chi connectivity index (χ1) is 8.04. The van der Waals surface area contributed by atoms with Crippen LogP contribution in [0.4, 0.5) is 17.1 Å². The normalized spacial score (nSPS) is 10.3. The number of hydrogen-bond donors (Lipinski definition) is 2. The largest absolute Gasteiger partial charge is 0.399 e. The summed E-state index contributed by atoms with van der Waals surface area (Å²) in [6.07, 6.45) is 0. The van der Waals surface area contributed by atoms with Crippen LogP contribution in [0.3, 0.4) is 0 Å². The molecule has 0 aliphatic carbocycles. The molecule has 0 saturated carbocycles. The van der Waals surface area contributed by atoms with Crippen LogP contribution >= 0.6 is 23.2 Å². The molecule has 17 heavy (non-hydrogen) atoms. The molecule has 0 amide bonds. The van der Waals surface area contributed by atoms with E-state index in [-0.39, 0.29) is 0 Å². The summed E-state index contributed by atoms with van der Waals surface area (Å²) in [5, 5.41) is 4.47. The summed E-state index contributed by atoms with van der Waals surface area (Å²) in [4.78, 5) is 0. The lowest BCUT2D eigenvalue weighted by Gasteiger charge is -2.10.